The minimum atomic E-state index is -4.54. The maximum atomic E-state index is 13.4. The minimum absolute atomic E-state index is 0.0267. The Bertz CT molecular complexity index is 835. The van der Waals surface area contributed by atoms with Gasteiger partial charge >= 0.3 is 6.18 Å². The molecule has 0 spiro atoms. The lowest BCUT2D eigenvalue weighted by molar-refractivity contribution is -0.137. The van der Waals surface area contributed by atoms with Crippen LogP contribution in [0.2, 0.25) is 0 Å². The second-order valence-electron chi connectivity index (χ2n) is 7.44. The quantitative estimate of drug-likeness (QED) is 0.710. The Morgan fingerprint density at radius 2 is 1.83 bits per heavy atom. The van der Waals surface area contributed by atoms with Gasteiger partial charge in [0.2, 0.25) is 0 Å². The van der Waals surface area contributed by atoms with Gasteiger partial charge in [0, 0.05) is 25.2 Å². The molecule has 1 fully saturated rings. The van der Waals surface area contributed by atoms with Gasteiger partial charge in [-0.25, -0.2) is 0 Å². The number of β-amino-alcohol motifs (C(OH)–C–C–N with tert-alkyl or cyclic N) is 1. The van der Waals surface area contributed by atoms with Gasteiger partial charge in [-0.1, -0.05) is 18.2 Å². The highest BCUT2D eigenvalue weighted by molar-refractivity contribution is 5.72. The molecule has 1 saturated heterocycles. The molecule has 2 N–H and O–H groups in total. The van der Waals surface area contributed by atoms with Gasteiger partial charge in [-0.2, -0.15) is 13.2 Å². The van der Waals surface area contributed by atoms with E-state index in [0.29, 0.717) is 49.4 Å². The number of para-hydroxylation sites is 1. The lowest BCUT2D eigenvalue weighted by Gasteiger charge is -2.30. The summed E-state index contributed by atoms with van der Waals surface area (Å²) in [7, 11) is 1.46. The molecule has 0 amide bonds. The summed E-state index contributed by atoms with van der Waals surface area (Å²) >= 11 is 0. The Hall–Kier alpha value is -2.29. The van der Waals surface area contributed by atoms with E-state index in [-0.39, 0.29) is 18.5 Å². The summed E-state index contributed by atoms with van der Waals surface area (Å²) in [4.78, 5) is 2.01. The van der Waals surface area contributed by atoms with Gasteiger partial charge in [0.25, 0.3) is 0 Å². The third-order valence-electron chi connectivity index (χ3n) is 5.12. The average molecular weight is 425 g/mol. The number of rotatable bonds is 7. The predicted octanol–water partition coefficient (Wildman–Crippen LogP) is 3.58. The van der Waals surface area contributed by atoms with Crippen molar-refractivity contribution in [1.82, 2.24) is 4.90 Å². The van der Waals surface area contributed by atoms with Crippen LogP contribution in [0, 0.1) is 0 Å². The molecule has 0 radical (unpaired) electrons. The van der Waals surface area contributed by atoms with E-state index in [0.717, 1.165) is 12.1 Å². The molecule has 1 aliphatic heterocycles. The van der Waals surface area contributed by atoms with Gasteiger partial charge in [-0.05, 0) is 42.7 Å². The fraction of sp³-hybridized carbons (Fsp3) is 0.455. The van der Waals surface area contributed by atoms with Crippen molar-refractivity contribution < 1.29 is 32.9 Å². The second-order valence-corrected chi connectivity index (χ2v) is 7.44. The van der Waals surface area contributed by atoms with E-state index in [1.165, 1.54) is 13.2 Å². The molecule has 164 valence electrons. The number of alkyl halides is 3. The first-order chi connectivity index (χ1) is 14.3. The molecular weight excluding hydrogens is 399 g/mol. The number of hydrogen-bond donors (Lipinski definition) is 2. The Balaban J connectivity index is 1.75. The molecule has 5 nitrogen and oxygen atoms in total. The largest absolute Gasteiger partial charge is 0.496 e. The van der Waals surface area contributed by atoms with Crippen LogP contribution in [0.5, 0.6) is 11.5 Å². The van der Waals surface area contributed by atoms with Crippen molar-refractivity contribution in [2.24, 2.45) is 0 Å². The minimum Gasteiger partial charge on any atom is -0.496 e. The van der Waals surface area contributed by atoms with E-state index < -0.39 is 17.8 Å². The first kappa shape index (κ1) is 22.4. The van der Waals surface area contributed by atoms with Gasteiger partial charge in [-0.3, -0.25) is 0 Å². The first-order valence-electron chi connectivity index (χ1n) is 9.83. The number of aliphatic hydroxyl groups is 2. The molecule has 1 unspecified atom stereocenters. The van der Waals surface area contributed by atoms with Crippen molar-refractivity contribution in [3.63, 3.8) is 0 Å². The zero-order valence-corrected chi connectivity index (χ0v) is 16.7. The third kappa shape index (κ3) is 5.87. The number of aliphatic hydroxyl groups excluding tert-OH is 2. The van der Waals surface area contributed by atoms with Crippen LogP contribution >= 0.6 is 0 Å². The van der Waals surface area contributed by atoms with Gasteiger partial charge < -0.3 is 24.6 Å². The highest BCUT2D eigenvalue weighted by Crippen LogP contribution is 2.38. The topological polar surface area (TPSA) is 62.2 Å². The standard InChI is InChI=1S/C22H26F3NO4/c1-29-21-5-3-2-4-20(21)15-10-16(22(23,24)25)12-19(11-15)30-14-18(28)13-26-8-6-17(27)7-9-26/h2-5,10-12,17-18,27-28H,6-9,13-14H2,1H3. The zero-order chi connectivity index (χ0) is 21.7. The first-order valence-corrected chi connectivity index (χ1v) is 9.83. The van der Waals surface area contributed by atoms with Crippen molar-refractivity contribution in [2.75, 3.05) is 33.4 Å². The summed E-state index contributed by atoms with van der Waals surface area (Å²) in [5.74, 6) is 0.481. The number of ether oxygens (including phenoxy) is 2. The Morgan fingerprint density at radius 1 is 1.13 bits per heavy atom. The van der Waals surface area contributed by atoms with Crippen LogP contribution in [0.3, 0.4) is 0 Å². The number of benzene rings is 2. The van der Waals surface area contributed by atoms with E-state index in [4.69, 9.17) is 9.47 Å². The molecule has 3 rings (SSSR count). The lowest BCUT2D eigenvalue weighted by atomic mass is 10.0. The normalized spacial score (nSPS) is 17.0. The van der Waals surface area contributed by atoms with Gasteiger partial charge in [0.1, 0.15) is 24.2 Å². The Labute approximate surface area is 173 Å². The molecule has 1 atom stereocenters. The molecule has 2 aromatic rings. The number of piperidine rings is 1. The molecule has 0 aliphatic carbocycles. The molecule has 0 aromatic heterocycles. The number of methoxy groups -OCH3 is 1. The third-order valence-corrected chi connectivity index (χ3v) is 5.12. The predicted molar refractivity (Wildman–Crippen MR) is 107 cm³/mol. The number of halogens is 3. The summed E-state index contributed by atoms with van der Waals surface area (Å²) in [5.41, 5.74) is 0.000528. The Kier molecular flexibility index (Phi) is 7.23. The van der Waals surface area contributed by atoms with Crippen LogP contribution in [-0.4, -0.2) is 60.7 Å². The summed E-state index contributed by atoms with van der Waals surface area (Å²) < 4.78 is 51.1. The van der Waals surface area contributed by atoms with Crippen LogP contribution < -0.4 is 9.47 Å². The fourth-order valence-corrected chi connectivity index (χ4v) is 3.53. The number of likely N-dealkylation sites (tertiary alicyclic amines) is 1. The lowest BCUT2D eigenvalue weighted by Crippen LogP contribution is -2.41. The van der Waals surface area contributed by atoms with Gasteiger partial charge in [0.05, 0.1) is 18.8 Å². The highest BCUT2D eigenvalue weighted by Gasteiger charge is 2.32. The average Bonchev–Trinajstić information content (AvgIpc) is 2.73. The number of nitrogens with zero attached hydrogens (tertiary/aromatic N) is 1. The van der Waals surface area contributed by atoms with Crippen molar-refractivity contribution in [3.05, 3.63) is 48.0 Å². The molecule has 2 aromatic carbocycles. The van der Waals surface area contributed by atoms with Crippen molar-refractivity contribution >= 4 is 0 Å². The summed E-state index contributed by atoms with van der Waals surface area (Å²) in [6.07, 6.45) is -4.42. The van der Waals surface area contributed by atoms with Crippen LogP contribution in [-0.2, 0) is 6.18 Å². The van der Waals surface area contributed by atoms with Crippen molar-refractivity contribution in [3.8, 4) is 22.6 Å². The highest BCUT2D eigenvalue weighted by atomic mass is 19.4. The van der Waals surface area contributed by atoms with E-state index in [9.17, 15) is 23.4 Å². The van der Waals surface area contributed by atoms with Crippen LogP contribution in [0.15, 0.2) is 42.5 Å². The molecule has 1 aliphatic rings. The molecule has 8 heteroatoms. The molecule has 0 bridgehead atoms. The van der Waals surface area contributed by atoms with E-state index >= 15 is 0 Å². The van der Waals surface area contributed by atoms with Crippen LogP contribution in [0.4, 0.5) is 13.2 Å². The smallest absolute Gasteiger partial charge is 0.416 e. The molecule has 30 heavy (non-hydrogen) atoms. The Morgan fingerprint density at radius 3 is 2.50 bits per heavy atom. The van der Waals surface area contributed by atoms with Crippen molar-refractivity contribution in [1.29, 1.82) is 0 Å². The maximum Gasteiger partial charge on any atom is 0.416 e. The fourth-order valence-electron chi connectivity index (χ4n) is 3.53. The second kappa shape index (κ2) is 9.68. The summed E-state index contributed by atoms with van der Waals surface area (Å²) in [5, 5.41) is 19.8. The molecule has 1 heterocycles. The van der Waals surface area contributed by atoms with E-state index in [1.807, 2.05) is 4.90 Å². The van der Waals surface area contributed by atoms with Crippen molar-refractivity contribution in [2.45, 2.75) is 31.2 Å². The SMILES string of the molecule is COc1ccccc1-c1cc(OCC(O)CN2CCC(O)CC2)cc(C(F)(F)F)c1. The van der Waals surface area contributed by atoms with Crippen LogP contribution in [0.1, 0.15) is 18.4 Å². The van der Waals surface area contributed by atoms with E-state index in [1.54, 1.807) is 24.3 Å². The van der Waals surface area contributed by atoms with E-state index in [2.05, 4.69) is 0 Å². The van der Waals surface area contributed by atoms with Gasteiger partial charge in [-0.15, -0.1) is 0 Å². The molecule has 0 saturated carbocycles. The zero-order valence-electron chi connectivity index (χ0n) is 16.7. The monoisotopic (exact) mass is 425 g/mol. The van der Waals surface area contributed by atoms with Crippen LogP contribution in [0.25, 0.3) is 11.1 Å². The number of hydrogen-bond acceptors (Lipinski definition) is 5. The summed E-state index contributed by atoms with van der Waals surface area (Å²) in [6, 6.07) is 10.3. The summed E-state index contributed by atoms with van der Waals surface area (Å²) in [6.45, 7) is 1.54. The maximum absolute atomic E-state index is 13.4. The van der Waals surface area contributed by atoms with Gasteiger partial charge in [0.15, 0.2) is 0 Å². The molecular formula is C22H26F3NO4.